The molecular weight excluding hydrogens is 352 g/mol. The van der Waals surface area contributed by atoms with E-state index in [1.807, 2.05) is 20.8 Å². The SMILES string of the molecule is CC(C)(C)OC(=O)N1CCC=C(c2ccc3c(c2)NC(=O)C32CCCCC2)C1. The van der Waals surface area contributed by atoms with Crippen LogP contribution in [0, 0.1) is 0 Å². The normalized spacial score (nSPS) is 21.2. The van der Waals surface area contributed by atoms with E-state index in [0.717, 1.165) is 54.5 Å². The fourth-order valence-corrected chi connectivity index (χ4v) is 4.72. The summed E-state index contributed by atoms with van der Waals surface area (Å²) in [4.78, 5) is 27.0. The van der Waals surface area contributed by atoms with Gasteiger partial charge in [0.15, 0.2) is 0 Å². The van der Waals surface area contributed by atoms with Gasteiger partial charge in [-0.1, -0.05) is 37.5 Å². The molecule has 4 rings (SSSR count). The van der Waals surface area contributed by atoms with Gasteiger partial charge in [0.2, 0.25) is 5.91 Å². The molecule has 3 aliphatic rings. The zero-order valence-corrected chi connectivity index (χ0v) is 17.1. The summed E-state index contributed by atoms with van der Waals surface area (Å²) >= 11 is 0. The van der Waals surface area contributed by atoms with Crippen LogP contribution < -0.4 is 5.32 Å². The summed E-state index contributed by atoms with van der Waals surface area (Å²) in [6, 6.07) is 6.32. The molecule has 1 N–H and O–H groups in total. The van der Waals surface area contributed by atoms with Crippen LogP contribution >= 0.6 is 0 Å². The summed E-state index contributed by atoms with van der Waals surface area (Å²) < 4.78 is 5.53. The smallest absolute Gasteiger partial charge is 0.410 e. The van der Waals surface area contributed by atoms with Gasteiger partial charge in [0.25, 0.3) is 0 Å². The van der Waals surface area contributed by atoms with Gasteiger partial charge in [0.1, 0.15) is 5.60 Å². The van der Waals surface area contributed by atoms with E-state index in [-0.39, 0.29) is 17.4 Å². The molecule has 2 aliphatic heterocycles. The van der Waals surface area contributed by atoms with Gasteiger partial charge in [-0.05, 0) is 62.8 Å². The van der Waals surface area contributed by atoms with Crippen LogP contribution in [0.1, 0.15) is 70.4 Å². The van der Waals surface area contributed by atoms with E-state index in [4.69, 9.17) is 4.74 Å². The first-order chi connectivity index (χ1) is 13.3. The Hall–Kier alpha value is -2.30. The number of hydrogen-bond acceptors (Lipinski definition) is 3. The second kappa shape index (κ2) is 6.94. The first kappa shape index (κ1) is 19.0. The lowest BCUT2D eigenvalue weighted by Crippen LogP contribution is -2.39. The van der Waals surface area contributed by atoms with E-state index in [9.17, 15) is 9.59 Å². The van der Waals surface area contributed by atoms with Gasteiger partial charge in [0, 0.05) is 18.8 Å². The van der Waals surface area contributed by atoms with Crippen LogP contribution in [0.15, 0.2) is 24.3 Å². The highest BCUT2D eigenvalue weighted by Gasteiger charge is 2.47. The molecule has 0 bridgehead atoms. The number of ether oxygens (including phenoxy) is 1. The highest BCUT2D eigenvalue weighted by Crippen LogP contribution is 2.48. The first-order valence-corrected chi connectivity index (χ1v) is 10.4. The standard InChI is InChI=1S/C23H30N2O3/c1-22(2,3)28-21(27)25-13-7-8-17(15-25)16-9-10-18-19(14-16)24-20(26)23(18)11-5-4-6-12-23/h8-10,14H,4-7,11-13,15H2,1-3H3,(H,24,26). The number of nitrogens with one attached hydrogen (secondary N) is 1. The Kier molecular flexibility index (Phi) is 4.72. The number of carbonyl (C=O) groups excluding carboxylic acids is 2. The number of benzene rings is 1. The third-order valence-electron chi connectivity index (χ3n) is 6.10. The third kappa shape index (κ3) is 3.43. The molecule has 0 unspecified atom stereocenters. The Morgan fingerprint density at radius 3 is 2.64 bits per heavy atom. The number of nitrogens with zero attached hydrogens (tertiary/aromatic N) is 1. The summed E-state index contributed by atoms with van der Waals surface area (Å²) in [7, 11) is 0. The fourth-order valence-electron chi connectivity index (χ4n) is 4.72. The Bertz CT molecular complexity index is 829. The predicted octanol–water partition coefficient (Wildman–Crippen LogP) is 4.86. The highest BCUT2D eigenvalue weighted by atomic mass is 16.6. The largest absolute Gasteiger partial charge is 0.444 e. The Balaban J connectivity index is 1.55. The van der Waals surface area contributed by atoms with Crippen molar-refractivity contribution < 1.29 is 14.3 Å². The first-order valence-electron chi connectivity index (χ1n) is 10.4. The van der Waals surface area contributed by atoms with E-state index in [2.05, 4.69) is 29.6 Å². The molecule has 150 valence electrons. The number of hydrogen-bond donors (Lipinski definition) is 1. The molecule has 5 nitrogen and oxygen atoms in total. The lowest BCUT2D eigenvalue weighted by molar-refractivity contribution is -0.121. The summed E-state index contributed by atoms with van der Waals surface area (Å²) in [5.74, 6) is 0.160. The molecule has 28 heavy (non-hydrogen) atoms. The van der Waals surface area contributed by atoms with Crippen molar-refractivity contribution in [2.75, 3.05) is 18.4 Å². The van der Waals surface area contributed by atoms with Gasteiger partial charge in [-0.25, -0.2) is 4.79 Å². The van der Waals surface area contributed by atoms with Crippen molar-refractivity contribution in [3.05, 3.63) is 35.4 Å². The topological polar surface area (TPSA) is 58.6 Å². The molecule has 2 amide bonds. The maximum Gasteiger partial charge on any atom is 0.410 e. The lowest BCUT2D eigenvalue weighted by atomic mass is 9.70. The predicted molar refractivity (Wildman–Crippen MR) is 110 cm³/mol. The zero-order valence-electron chi connectivity index (χ0n) is 17.1. The monoisotopic (exact) mass is 382 g/mol. The molecule has 1 aromatic rings. The molecule has 5 heteroatoms. The van der Waals surface area contributed by atoms with Crippen molar-refractivity contribution in [2.45, 2.75) is 70.3 Å². The van der Waals surface area contributed by atoms with Gasteiger partial charge < -0.3 is 15.0 Å². The molecule has 1 spiro atoms. The molecule has 0 radical (unpaired) electrons. The van der Waals surface area contributed by atoms with Crippen LogP contribution in [0.5, 0.6) is 0 Å². The van der Waals surface area contributed by atoms with E-state index >= 15 is 0 Å². The summed E-state index contributed by atoms with van der Waals surface area (Å²) in [5.41, 5.74) is 3.46. The molecule has 2 heterocycles. The van der Waals surface area contributed by atoms with Crippen molar-refractivity contribution >= 4 is 23.3 Å². The van der Waals surface area contributed by atoms with E-state index in [1.54, 1.807) is 4.90 Å². The Labute approximate surface area is 167 Å². The molecule has 0 atom stereocenters. The highest BCUT2D eigenvalue weighted by molar-refractivity contribution is 6.06. The van der Waals surface area contributed by atoms with E-state index < -0.39 is 5.60 Å². The van der Waals surface area contributed by atoms with Crippen molar-refractivity contribution in [3.63, 3.8) is 0 Å². The van der Waals surface area contributed by atoms with Crippen molar-refractivity contribution in [1.29, 1.82) is 0 Å². The molecule has 0 saturated heterocycles. The number of fused-ring (bicyclic) bond motifs is 2. The van der Waals surface area contributed by atoms with E-state index in [0.29, 0.717) is 13.1 Å². The summed E-state index contributed by atoms with van der Waals surface area (Å²) in [6.45, 7) is 6.86. The van der Waals surface area contributed by atoms with Crippen LogP contribution in [0.3, 0.4) is 0 Å². The minimum atomic E-state index is -0.495. The molecule has 1 fully saturated rings. The summed E-state index contributed by atoms with van der Waals surface area (Å²) in [6.07, 6.45) is 8.07. The average Bonchev–Trinajstić information content (AvgIpc) is 2.92. The fraction of sp³-hybridized carbons (Fsp3) is 0.565. The Morgan fingerprint density at radius 1 is 1.18 bits per heavy atom. The molecule has 1 aliphatic carbocycles. The van der Waals surface area contributed by atoms with Crippen molar-refractivity contribution in [2.24, 2.45) is 0 Å². The molecule has 1 saturated carbocycles. The van der Waals surface area contributed by atoms with Gasteiger partial charge >= 0.3 is 6.09 Å². The van der Waals surface area contributed by atoms with Crippen LogP contribution in [0.25, 0.3) is 5.57 Å². The second-order valence-electron chi connectivity index (χ2n) is 9.28. The van der Waals surface area contributed by atoms with Gasteiger partial charge in [-0.2, -0.15) is 0 Å². The van der Waals surface area contributed by atoms with E-state index in [1.165, 1.54) is 6.42 Å². The maximum atomic E-state index is 12.8. The zero-order chi connectivity index (χ0) is 19.9. The number of rotatable bonds is 1. The van der Waals surface area contributed by atoms with Gasteiger partial charge in [-0.15, -0.1) is 0 Å². The summed E-state index contributed by atoms with van der Waals surface area (Å²) in [5, 5.41) is 3.13. The molecule has 0 aromatic heterocycles. The minimum absolute atomic E-state index is 0.160. The van der Waals surface area contributed by atoms with Crippen molar-refractivity contribution in [1.82, 2.24) is 4.90 Å². The molecular formula is C23H30N2O3. The third-order valence-corrected chi connectivity index (χ3v) is 6.10. The quantitative estimate of drug-likeness (QED) is 0.754. The van der Waals surface area contributed by atoms with Crippen LogP contribution in [0.2, 0.25) is 0 Å². The minimum Gasteiger partial charge on any atom is -0.444 e. The van der Waals surface area contributed by atoms with Gasteiger partial charge in [0.05, 0.1) is 5.41 Å². The van der Waals surface area contributed by atoms with Crippen molar-refractivity contribution in [3.8, 4) is 0 Å². The van der Waals surface area contributed by atoms with Gasteiger partial charge in [-0.3, -0.25) is 4.79 Å². The van der Waals surface area contributed by atoms with Crippen LogP contribution in [-0.4, -0.2) is 35.6 Å². The average molecular weight is 383 g/mol. The number of amides is 2. The van der Waals surface area contributed by atoms with Crippen LogP contribution in [0.4, 0.5) is 10.5 Å². The lowest BCUT2D eigenvalue weighted by Gasteiger charge is -2.32. The number of carbonyl (C=O) groups is 2. The number of anilines is 1. The maximum absolute atomic E-state index is 12.8. The second-order valence-corrected chi connectivity index (χ2v) is 9.28. The molecule has 1 aromatic carbocycles. The van der Waals surface area contributed by atoms with Crippen LogP contribution in [-0.2, 0) is 14.9 Å². The Morgan fingerprint density at radius 2 is 1.93 bits per heavy atom.